The summed E-state index contributed by atoms with van der Waals surface area (Å²) in [6.07, 6.45) is 2.11. The zero-order chi connectivity index (χ0) is 14.8. The molecule has 2 heterocycles. The van der Waals surface area contributed by atoms with Crippen molar-refractivity contribution in [2.75, 3.05) is 19.5 Å². The third-order valence-corrected chi connectivity index (χ3v) is 4.76. The highest BCUT2D eigenvalue weighted by molar-refractivity contribution is 14.1. The van der Waals surface area contributed by atoms with E-state index in [2.05, 4.69) is 48.9 Å². The SMILES string of the molecule is COc1cc(NC2=CN(I)Cc3sccc32)cc(OC)c1. The van der Waals surface area contributed by atoms with Crippen LogP contribution in [0.1, 0.15) is 10.4 Å². The number of nitrogens with zero attached hydrogens (tertiary/aromatic N) is 1. The zero-order valence-electron chi connectivity index (χ0n) is 11.7. The van der Waals surface area contributed by atoms with Crippen molar-refractivity contribution in [2.45, 2.75) is 6.54 Å². The number of benzene rings is 1. The summed E-state index contributed by atoms with van der Waals surface area (Å²) in [5, 5.41) is 5.59. The molecule has 0 bridgehead atoms. The molecule has 110 valence electrons. The lowest BCUT2D eigenvalue weighted by Gasteiger charge is -2.22. The molecule has 0 amide bonds. The van der Waals surface area contributed by atoms with Crippen LogP contribution in [0.2, 0.25) is 0 Å². The molecule has 0 atom stereocenters. The molecule has 0 saturated carbocycles. The van der Waals surface area contributed by atoms with E-state index in [4.69, 9.17) is 9.47 Å². The number of methoxy groups -OCH3 is 2. The Bertz CT molecular complexity index is 662. The van der Waals surface area contributed by atoms with Gasteiger partial charge in [0, 0.05) is 40.5 Å². The largest absolute Gasteiger partial charge is 0.497 e. The highest BCUT2D eigenvalue weighted by Gasteiger charge is 2.17. The summed E-state index contributed by atoms with van der Waals surface area (Å²) in [7, 11) is 3.31. The van der Waals surface area contributed by atoms with Crippen molar-refractivity contribution >= 4 is 45.6 Å². The van der Waals surface area contributed by atoms with E-state index in [9.17, 15) is 0 Å². The first-order valence-corrected chi connectivity index (χ1v) is 8.25. The zero-order valence-corrected chi connectivity index (χ0v) is 14.7. The standard InChI is InChI=1S/C15H15IN2O2S/c1-19-11-5-10(6-12(7-11)20-2)17-14-8-18(16)9-15-13(14)3-4-21-15/h3-8,17H,9H2,1-2H3. The molecule has 1 aromatic heterocycles. The molecule has 1 aromatic carbocycles. The van der Waals surface area contributed by atoms with E-state index in [-0.39, 0.29) is 0 Å². The lowest BCUT2D eigenvalue weighted by Crippen LogP contribution is -2.13. The number of ether oxygens (including phenoxy) is 2. The van der Waals surface area contributed by atoms with Crippen molar-refractivity contribution < 1.29 is 9.47 Å². The van der Waals surface area contributed by atoms with Crippen molar-refractivity contribution in [2.24, 2.45) is 0 Å². The number of thiophene rings is 1. The maximum atomic E-state index is 5.31. The molecule has 1 aliphatic rings. The van der Waals surface area contributed by atoms with Crippen LogP contribution >= 0.6 is 34.2 Å². The molecule has 2 aromatic rings. The fourth-order valence-corrected chi connectivity index (χ4v) is 3.97. The van der Waals surface area contributed by atoms with Gasteiger partial charge in [-0.3, -0.25) is 0 Å². The number of halogens is 1. The van der Waals surface area contributed by atoms with Crippen LogP contribution in [0.3, 0.4) is 0 Å². The van der Waals surface area contributed by atoms with E-state index in [0.717, 1.165) is 29.4 Å². The van der Waals surface area contributed by atoms with Crippen LogP contribution in [-0.2, 0) is 6.54 Å². The molecule has 0 spiro atoms. The van der Waals surface area contributed by atoms with Gasteiger partial charge in [0.25, 0.3) is 0 Å². The summed E-state index contributed by atoms with van der Waals surface area (Å²) >= 11 is 4.09. The van der Waals surface area contributed by atoms with Crippen molar-refractivity contribution in [3.8, 4) is 11.5 Å². The number of hydrogen-bond donors (Lipinski definition) is 1. The molecule has 0 radical (unpaired) electrons. The van der Waals surface area contributed by atoms with E-state index in [0.29, 0.717) is 0 Å². The first-order chi connectivity index (χ1) is 10.2. The molecule has 0 saturated heterocycles. The second kappa shape index (κ2) is 6.15. The van der Waals surface area contributed by atoms with Crippen LogP contribution in [0.25, 0.3) is 5.70 Å². The Hall–Kier alpha value is -1.41. The number of rotatable bonds is 4. The monoisotopic (exact) mass is 414 g/mol. The number of fused-ring (bicyclic) bond motifs is 1. The Balaban J connectivity index is 1.93. The number of anilines is 1. The minimum absolute atomic E-state index is 0.769. The van der Waals surface area contributed by atoms with E-state index in [1.165, 1.54) is 10.4 Å². The predicted octanol–water partition coefficient (Wildman–Crippen LogP) is 4.34. The normalized spacial score (nSPS) is 13.5. The summed E-state index contributed by atoms with van der Waals surface area (Å²) in [6, 6.07) is 7.93. The highest BCUT2D eigenvalue weighted by Crippen LogP contribution is 2.34. The lowest BCUT2D eigenvalue weighted by molar-refractivity contribution is 0.395. The molecule has 0 aliphatic carbocycles. The molecular formula is C15H15IN2O2S. The minimum atomic E-state index is 0.769. The van der Waals surface area contributed by atoms with E-state index in [1.54, 1.807) is 25.6 Å². The maximum Gasteiger partial charge on any atom is 0.124 e. The van der Waals surface area contributed by atoms with E-state index < -0.39 is 0 Å². The average molecular weight is 414 g/mol. The molecule has 0 fully saturated rings. The smallest absolute Gasteiger partial charge is 0.124 e. The van der Waals surface area contributed by atoms with Gasteiger partial charge in [-0.05, 0) is 11.4 Å². The maximum absolute atomic E-state index is 5.31. The molecule has 1 N–H and O–H groups in total. The van der Waals surface area contributed by atoms with Gasteiger partial charge in [0.1, 0.15) is 11.5 Å². The summed E-state index contributed by atoms with van der Waals surface area (Å²) in [4.78, 5) is 1.37. The molecular weight excluding hydrogens is 399 g/mol. The van der Waals surface area contributed by atoms with Crippen molar-refractivity contribution in [3.05, 3.63) is 46.3 Å². The topological polar surface area (TPSA) is 33.7 Å². The Morgan fingerprint density at radius 2 is 1.90 bits per heavy atom. The van der Waals surface area contributed by atoms with Crippen LogP contribution in [0, 0.1) is 0 Å². The van der Waals surface area contributed by atoms with Gasteiger partial charge in [0.2, 0.25) is 0 Å². The second-order valence-electron chi connectivity index (χ2n) is 4.58. The van der Waals surface area contributed by atoms with Crippen LogP contribution in [0.15, 0.2) is 35.8 Å². The fourth-order valence-electron chi connectivity index (χ4n) is 2.23. The van der Waals surface area contributed by atoms with Crippen LogP contribution in [0.5, 0.6) is 11.5 Å². The van der Waals surface area contributed by atoms with Crippen LogP contribution in [-0.4, -0.2) is 17.3 Å². The van der Waals surface area contributed by atoms with Crippen LogP contribution in [0.4, 0.5) is 5.69 Å². The van der Waals surface area contributed by atoms with Gasteiger partial charge < -0.3 is 17.9 Å². The van der Waals surface area contributed by atoms with Gasteiger partial charge in [0.05, 0.1) is 49.3 Å². The quantitative estimate of drug-likeness (QED) is 0.596. The van der Waals surface area contributed by atoms with Crippen LogP contribution < -0.4 is 14.8 Å². The first-order valence-electron chi connectivity index (χ1n) is 6.40. The Kier molecular flexibility index (Phi) is 4.25. The molecule has 6 heteroatoms. The third-order valence-electron chi connectivity index (χ3n) is 3.23. The molecule has 1 aliphatic heterocycles. The lowest BCUT2D eigenvalue weighted by atomic mass is 10.1. The second-order valence-corrected chi connectivity index (χ2v) is 6.82. The summed E-state index contributed by atoms with van der Waals surface area (Å²) < 4.78 is 12.8. The predicted molar refractivity (Wildman–Crippen MR) is 95.0 cm³/mol. The summed E-state index contributed by atoms with van der Waals surface area (Å²) in [5.41, 5.74) is 3.29. The van der Waals surface area contributed by atoms with Gasteiger partial charge >= 0.3 is 0 Å². The Morgan fingerprint density at radius 1 is 1.19 bits per heavy atom. The highest BCUT2D eigenvalue weighted by atomic mass is 127. The average Bonchev–Trinajstić information content (AvgIpc) is 2.95. The van der Waals surface area contributed by atoms with Gasteiger partial charge in [-0.2, -0.15) is 0 Å². The third kappa shape index (κ3) is 3.11. The van der Waals surface area contributed by atoms with E-state index >= 15 is 0 Å². The van der Waals surface area contributed by atoms with Gasteiger partial charge in [-0.1, -0.05) is 0 Å². The Labute approximate surface area is 141 Å². The molecule has 4 nitrogen and oxygen atoms in total. The van der Waals surface area contributed by atoms with Gasteiger partial charge in [0.15, 0.2) is 0 Å². The Morgan fingerprint density at radius 3 is 2.57 bits per heavy atom. The molecule has 3 rings (SSSR count). The van der Waals surface area contributed by atoms with E-state index in [1.807, 2.05) is 18.2 Å². The molecule has 21 heavy (non-hydrogen) atoms. The summed E-state index contributed by atoms with van der Waals surface area (Å²) in [5.74, 6) is 1.54. The van der Waals surface area contributed by atoms with Crippen molar-refractivity contribution in [3.63, 3.8) is 0 Å². The molecule has 0 unspecified atom stereocenters. The fraction of sp³-hybridized carbons (Fsp3) is 0.200. The van der Waals surface area contributed by atoms with Gasteiger partial charge in [-0.15, -0.1) is 11.3 Å². The van der Waals surface area contributed by atoms with Gasteiger partial charge in [-0.25, -0.2) is 0 Å². The first kappa shape index (κ1) is 14.5. The number of nitrogens with one attached hydrogen (secondary N) is 1. The minimum Gasteiger partial charge on any atom is -0.497 e. The summed E-state index contributed by atoms with van der Waals surface area (Å²) in [6.45, 7) is 0.945. The van der Waals surface area contributed by atoms with Crippen molar-refractivity contribution in [1.29, 1.82) is 0 Å². The number of hydrogen-bond acceptors (Lipinski definition) is 5. The van der Waals surface area contributed by atoms with Crippen molar-refractivity contribution in [1.82, 2.24) is 3.11 Å².